The van der Waals surface area contributed by atoms with Crippen molar-refractivity contribution in [3.63, 3.8) is 0 Å². The van der Waals surface area contributed by atoms with Crippen LogP contribution in [0, 0.1) is 0 Å². The van der Waals surface area contributed by atoms with Crippen molar-refractivity contribution < 1.29 is 18.3 Å². The Bertz CT molecular complexity index is 627. The lowest BCUT2D eigenvalue weighted by Crippen LogP contribution is -2.48. The lowest BCUT2D eigenvalue weighted by atomic mass is 10.1. The number of amides is 1. The Hall–Kier alpha value is -1.60. The van der Waals surface area contributed by atoms with E-state index in [0.29, 0.717) is 25.8 Å². The third kappa shape index (κ3) is 4.20. The summed E-state index contributed by atoms with van der Waals surface area (Å²) in [5, 5.41) is 12.1. The Morgan fingerprint density at radius 1 is 1.41 bits per heavy atom. The standard InChI is InChI=1S/C15H22N2O4S/c1-11(10-12-5-7-13(18)8-6-12)16-15(19)14-4-3-9-17(14)22(2,20)21/h5-8,11,14,18H,3-4,9-10H2,1-2H3,(H,16,19). The Balaban J connectivity index is 1.95. The van der Waals surface area contributed by atoms with E-state index in [0.717, 1.165) is 11.8 Å². The van der Waals surface area contributed by atoms with E-state index in [1.165, 1.54) is 4.31 Å². The van der Waals surface area contributed by atoms with Crippen molar-refractivity contribution >= 4 is 15.9 Å². The number of aromatic hydroxyl groups is 1. The zero-order chi connectivity index (χ0) is 16.3. The van der Waals surface area contributed by atoms with Crippen molar-refractivity contribution in [3.8, 4) is 5.75 Å². The van der Waals surface area contributed by atoms with Crippen molar-refractivity contribution in [3.05, 3.63) is 29.8 Å². The van der Waals surface area contributed by atoms with Gasteiger partial charge in [0.25, 0.3) is 0 Å². The van der Waals surface area contributed by atoms with Gasteiger partial charge in [-0.1, -0.05) is 12.1 Å². The number of nitrogens with zero attached hydrogens (tertiary/aromatic N) is 1. The molecule has 1 aliphatic heterocycles. The minimum atomic E-state index is -3.35. The molecule has 1 amide bonds. The Morgan fingerprint density at radius 2 is 2.05 bits per heavy atom. The highest BCUT2D eigenvalue weighted by molar-refractivity contribution is 7.88. The van der Waals surface area contributed by atoms with Gasteiger partial charge in [-0.3, -0.25) is 4.79 Å². The summed E-state index contributed by atoms with van der Waals surface area (Å²) >= 11 is 0. The highest BCUT2D eigenvalue weighted by Gasteiger charge is 2.36. The van der Waals surface area contributed by atoms with Gasteiger partial charge in [0.2, 0.25) is 15.9 Å². The van der Waals surface area contributed by atoms with Crippen LogP contribution < -0.4 is 5.32 Å². The van der Waals surface area contributed by atoms with Crippen molar-refractivity contribution in [1.29, 1.82) is 0 Å². The second-order valence-electron chi connectivity index (χ2n) is 5.81. The molecule has 1 aromatic rings. The molecule has 1 saturated heterocycles. The average Bonchev–Trinajstić information content (AvgIpc) is 2.90. The maximum Gasteiger partial charge on any atom is 0.238 e. The van der Waals surface area contributed by atoms with E-state index >= 15 is 0 Å². The van der Waals surface area contributed by atoms with Crippen LogP contribution in [0.2, 0.25) is 0 Å². The number of hydrogen-bond acceptors (Lipinski definition) is 4. The summed E-state index contributed by atoms with van der Waals surface area (Å²) in [7, 11) is -3.35. The van der Waals surface area contributed by atoms with Crippen LogP contribution in [0.15, 0.2) is 24.3 Å². The zero-order valence-corrected chi connectivity index (χ0v) is 13.6. The minimum absolute atomic E-state index is 0.112. The number of benzene rings is 1. The van der Waals surface area contributed by atoms with Crippen LogP contribution >= 0.6 is 0 Å². The van der Waals surface area contributed by atoms with Gasteiger partial charge in [-0.25, -0.2) is 8.42 Å². The van der Waals surface area contributed by atoms with E-state index in [2.05, 4.69) is 5.32 Å². The maximum atomic E-state index is 12.3. The molecule has 0 radical (unpaired) electrons. The number of rotatable bonds is 5. The van der Waals surface area contributed by atoms with Gasteiger partial charge in [-0.05, 0) is 43.9 Å². The van der Waals surface area contributed by atoms with E-state index in [1.807, 2.05) is 6.92 Å². The quantitative estimate of drug-likeness (QED) is 0.840. The van der Waals surface area contributed by atoms with E-state index in [4.69, 9.17) is 0 Å². The number of sulfonamides is 1. The summed E-state index contributed by atoms with van der Waals surface area (Å²) in [6, 6.07) is 6.10. The predicted octanol–water partition coefficient (Wildman–Crippen LogP) is 0.863. The molecule has 1 heterocycles. The third-order valence-corrected chi connectivity index (χ3v) is 5.09. The Morgan fingerprint density at radius 3 is 2.64 bits per heavy atom. The molecule has 1 aliphatic rings. The number of phenolic OH excluding ortho intramolecular Hbond substituents is 1. The van der Waals surface area contributed by atoms with Crippen molar-refractivity contribution in [2.45, 2.75) is 38.3 Å². The smallest absolute Gasteiger partial charge is 0.238 e. The first-order valence-corrected chi connectivity index (χ1v) is 9.17. The lowest BCUT2D eigenvalue weighted by molar-refractivity contribution is -0.124. The number of nitrogens with one attached hydrogen (secondary N) is 1. The summed E-state index contributed by atoms with van der Waals surface area (Å²) < 4.78 is 24.6. The second kappa shape index (κ2) is 6.66. The molecule has 6 nitrogen and oxygen atoms in total. The highest BCUT2D eigenvalue weighted by atomic mass is 32.2. The minimum Gasteiger partial charge on any atom is -0.508 e. The molecule has 2 N–H and O–H groups in total. The SMILES string of the molecule is CC(Cc1ccc(O)cc1)NC(=O)C1CCCN1S(C)(=O)=O. The second-order valence-corrected chi connectivity index (χ2v) is 7.75. The van der Waals surface area contributed by atoms with Crippen LogP contribution in [0.3, 0.4) is 0 Å². The van der Waals surface area contributed by atoms with Crippen LogP contribution in [0.25, 0.3) is 0 Å². The molecular weight excluding hydrogens is 304 g/mol. The summed E-state index contributed by atoms with van der Waals surface area (Å²) in [6.45, 7) is 2.29. The van der Waals surface area contributed by atoms with Crippen molar-refractivity contribution in [2.75, 3.05) is 12.8 Å². The Labute approximate surface area is 131 Å². The molecule has 0 saturated carbocycles. The van der Waals surface area contributed by atoms with Gasteiger partial charge in [0.1, 0.15) is 11.8 Å². The first-order valence-electron chi connectivity index (χ1n) is 7.32. The molecule has 0 aromatic heterocycles. The van der Waals surface area contributed by atoms with E-state index < -0.39 is 16.1 Å². The van der Waals surface area contributed by atoms with Crippen LogP contribution in [-0.2, 0) is 21.2 Å². The molecule has 122 valence electrons. The van der Waals surface area contributed by atoms with Gasteiger partial charge in [-0.15, -0.1) is 0 Å². The fraction of sp³-hybridized carbons (Fsp3) is 0.533. The average molecular weight is 326 g/mol. The monoisotopic (exact) mass is 326 g/mol. The number of hydrogen-bond donors (Lipinski definition) is 2. The molecule has 0 aliphatic carbocycles. The third-order valence-electron chi connectivity index (χ3n) is 3.80. The highest BCUT2D eigenvalue weighted by Crippen LogP contribution is 2.20. The van der Waals surface area contributed by atoms with Crippen LogP contribution in [-0.4, -0.2) is 48.6 Å². The molecule has 1 fully saturated rings. The number of phenols is 1. The molecule has 7 heteroatoms. The van der Waals surface area contributed by atoms with Crippen LogP contribution in [0.4, 0.5) is 0 Å². The van der Waals surface area contributed by atoms with Crippen LogP contribution in [0.1, 0.15) is 25.3 Å². The normalized spacial score (nSPS) is 20.7. The lowest BCUT2D eigenvalue weighted by Gasteiger charge is -2.23. The molecular formula is C15H22N2O4S. The molecule has 0 spiro atoms. The van der Waals surface area contributed by atoms with E-state index in [9.17, 15) is 18.3 Å². The zero-order valence-electron chi connectivity index (χ0n) is 12.8. The fourth-order valence-electron chi connectivity index (χ4n) is 2.77. The van der Waals surface area contributed by atoms with Gasteiger partial charge in [-0.2, -0.15) is 4.31 Å². The number of carbonyl (C=O) groups excluding carboxylic acids is 1. The van der Waals surface area contributed by atoms with Crippen LogP contribution in [0.5, 0.6) is 5.75 Å². The van der Waals surface area contributed by atoms with Crippen molar-refractivity contribution in [1.82, 2.24) is 9.62 Å². The molecule has 2 unspecified atom stereocenters. The molecule has 0 bridgehead atoms. The molecule has 1 aromatic carbocycles. The number of carbonyl (C=O) groups is 1. The van der Waals surface area contributed by atoms with E-state index in [-0.39, 0.29) is 17.7 Å². The maximum absolute atomic E-state index is 12.3. The van der Waals surface area contributed by atoms with E-state index in [1.54, 1.807) is 24.3 Å². The topological polar surface area (TPSA) is 86.7 Å². The Kier molecular flexibility index (Phi) is 5.08. The van der Waals surface area contributed by atoms with Gasteiger partial charge in [0.05, 0.1) is 6.26 Å². The van der Waals surface area contributed by atoms with Gasteiger partial charge in [0.15, 0.2) is 0 Å². The van der Waals surface area contributed by atoms with Gasteiger partial charge >= 0.3 is 0 Å². The van der Waals surface area contributed by atoms with Gasteiger partial charge in [0, 0.05) is 12.6 Å². The molecule has 2 rings (SSSR count). The first kappa shape index (κ1) is 16.8. The molecule has 22 heavy (non-hydrogen) atoms. The first-order chi connectivity index (χ1) is 10.3. The predicted molar refractivity (Wildman–Crippen MR) is 84.0 cm³/mol. The summed E-state index contributed by atoms with van der Waals surface area (Å²) in [6.07, 6.45) is 3.03. The summed E-state index contributed by atoms with van der Waals surface area (Å²) in [5.41, 5.74) is 0.997. The molecule has 2 atom stereocenters. The largest absolute Gasteiger partial charge is 0.508 e. The summed E-state index contributed by atoms with van der Waals surface area (Å²) in [5.74, 6) is -0.0376. The summed E-state index contributed by atoms with van der Waals surface area (Å²) in [4.78, 5) is 12.3. The fourth-order valence-corrected chi connectivity index (χ4v) is 3.90. The van der Waals surface area contributed by atoms with Crippen molar-refractivity contribution in [2.24, 2.45) is 0 Å². The van der Waals surface area contributed by atoms with Gasteiger partial charge < -0.3 is 10.4 Å².